The summed E-state index contributed by atoms with van der Waals surface area (Å²) in [6.45, 7) is 3.65. The predicted molar refractivity (Wildman–Crippen MR) is 72.1 cm³/mol. The Balaban J connectivity index is 1.64. The maximum absolute atomic E-state index is 3.82. The highest BCUT2D eigenvalue weighted by atomic mass is 14.9. The van der Waals surface area contributed by atoms with E-state index in [0.29, 0.717) is 11.5 Å². The van der Waals surface area contributed by atoms with Crippen LogP contribution in [0.15, 0.2) is 24.3 Å². The van der Waals surface area contributed by atoms with Crippen LogP contribution >= 0.6 is 0 Å². The molecule has 1 aromatic rings. The third-order valence-electron chi connectivity index (χ3n) is 4.72. The first kappa shape index (κ1) is 11.3. The van der Waals surface area contributed by atoms with E-state index in [4.69, 9.17) is 0 Å². The molecule has 1 nitrogen and oxygen atoms in total. The molecule has 2 aliphatic carbocycles. The van der Waals surface area contributed by atoms with Crippen molar-refractivity contribution in [2.75, 3.05) is 6.54 Å². The zero-order chi connectivity index (χ0) is 11.7. The zero-order valence-electron chi connectivity index (χ0n) is 10.8. The summed E-state index contributed by atoms with van der Waals surface area (Å²) in [6.07, 6.45) is 8.22. The third-order valence-corrected chi connectivity index (χ3v) is 4.72. The van der Waals surface area contributed by atoms with Crippen molar-refractivity contribution in [3.8, 4) is 0 Å². The molecule has 0 saturated heterocycles. The Morgan fingerprint density at radius 1 is 1.24 bits per heavy atom. The quantitative estimate of drug-likeness (QED) is 0.830. The first-order chi connectivity index (χ1) is 8.27. The van der Waals surface area contributed by atoms with E-state index in [2.05, 4.69) is 36.5 Å². The highest BCUT2D eigenvalue weighted by molar-refractivity contribution is 5.34. The molecule has 1 unspecified atom stereocenters. The van der Waals surface area contributed by atoms with E-state index >= 15 is 0 Å². The Kier molecular flexibility index (Phi) is 2.96. The van der Waals surface area contributed by atoms with E-state index in [0.717, 1.165) is 0 Å². The van der Waals surface area contributed by atoms with Crippen molar-refractivity contribution in [3.05, 3.63) is 35.4 Å². The molecule has 1 saturated carbocycles. The van der Waals surface area contributed by atoms with Crippen molar-refractivity contribution in [1.82, 2.24) is 5.32 Å². The van der Waals surface area contributed by atoms with Gasteiger partial charge in [-0.25, -0.2) is 0 Å². The predicted octanol–water partition coefficient (Wildman–Crippen LogP) is 3.84. The summed E-state index contributed by atoms with van der Waals surface area (Å²) in [5.41, 5.74) is 3.67. The third kappa shape index (κ3) is 2.26. The van der Waals surface area contributed by atoms with Crippen molar-refractivity contribution in [3.63, 3.8) is 0 Å². The van der Waals surface area contributed by atoms with Crippen LogP contribution in [0.5, 0.6) is 0 Å². The Morgan fingerprint density at radius 2 is 2.00 bits per heavy atom. The topological polar surface area (TPSA) is 12.0 Å². The van der Waals surface area contributed by atoms with Crippen LogP contribution in [0, 0.1) is 5.41 Å². The monoisotopic (exact) mass is 229 g/mol. The lowest BCUT2D eigenvalue weighted by atomic mass is 9.88. The number of aryl methyl sites for hydroxylation is 1. The summed E-state index contributed by atoms with van der Waals surface area (Å²) in [7, 11) is 0. The van der Waals surface area contributed by atoms with E-state index < -0.39 is 0 Å². The van der Waals surface area contributed by atoms with E-state index in [1.165, 1.54) is 45.1 Å². The Hall–Kier alpha value is -0.820. The van der Waals surface area contributed by atoms with Crippen LogP contribution in [-0.2, 0) is 6.42 Å². The largest absolute Gasteiger partial charge is 0.309 e. The fraction of sp³-hybridized carbons (Fsp3) is 0.625. The number of hydrogen-bond acceptors (Lipinski definition) is 1. The average molecular weight is 229 g/mol. The summed E-state index contributed by atoms with van der Waals surface area (Å²) in [4.78, 5) is 0. The van der Waals surface area contributed by atoms with Crippen molar-refractivity contribution >= 4 is 0 Å². The van der Waals surface area contributed by atoms with Gasteiger partial charge in [0, 0.05) is 12.6 Å². The molecule has 1 N–H and O–H groups in total. The summed E-state index contributed by atoms with van der Waals surface area (Å²) in [6, 6.07) is 9.55. The molecule has 0 aromatic heterocycles. The molecule has 0 bridgehead atoms. The van der Waals surface area contributed by atoms with Gasteiger partial charge in [-0.15, -0.1) is 0 Å². The highest BCUT2D eigenvalue weighted by Gasteiger charge is 2.30. The molecule has 1 heteroatoms. The zero-order valence-corrected chi connectivity index (χ0v) is 10.8. The molecule has 0 aliphatic heterocycles. The molecule has 3 rings (SSSR count). The van der Waals surface area contributed by atoms with Gasteiger partial charge < -0.3 is 5.32 Å². The van der Waals surface area contributed by atoms with Crippen molar-refractivity contribution in [2.45, 2.75) is 51.5 Å². The lowest BCUT2D eigenvalue weighted by Gasteiger charge is -2.26. The van der Waals surface area contributed by atoms with Crippen molar-refractivity contribution in [2.24, 2.45) is 5.41 Å². The number of hydrogen-bond donors (Lipinski definition) is 1. The second-order valence-electron chi connectivity index (χ2n) is 6.19. The van der Waals surface area contributed by atoms with Gasteiger partial charge in [0.2, 0.25) is 0 Å². The standard InChI is InChI=1S/C16H23N/c1-16(10-4-5-11-16)12-17-15-9-8-13-6-2-3-7-14(13)15/h2-3,6-7,15,17H,4-5,8-12H2,1H3. The van der Waals surface area contributed by atoms with Gasteiger partial charge in [0.25, 0.3) is 0 Å². The number of rotatable bonds is 3. The van der Waals surface area contributed by atoms with Crippen molar-refractivity contribution in [1.29, 1.82) is 0 Å². The van der Waals surface area contributed by atoms with Gasteiger partial charge in [-0.3, -0.25) is 0 Å². The summed E-state index contributed by atoms with van der Waals surface area (Å²) >= 11 is 0. The molecule has 1 atom stereocenters. The summed E-state index contributed by atoms with van der Waals surface area (Å²) in [5.74, 6) is 0. The second kappa shape index (κ2) is 4.45. The van der Waals surface area contributed by atoms with E-state index in [9.17, 15) is 0 Å². The first-order valence-corrected chi connectivity index (χ1v) is 7.08. The first-order valence-electron chi connectivity index (χ1n) is 7.08. The molecular formula is C16H23N. The van der Waals surface area contributed by atoms with Gasteiger partial charge in [-0.2, -0.15) is 0 Å². The molecule has 1 aromatic carbocycles. The van der Waals surface area contributed by atoms with Crippen molar-refractivity contribution < 1.29 is 0 Å². The fourth-order valence-corrected chi connectivity index (χ4v) is 3.54. The molecule has 2 aliphatic rings. The van der Waals surface area contributed by atoms with Crippen LogP contribution < -0.4 is 5.32 Å². The van der Waals surface area contributed by atoms with Gasteiger partial charge in [0.15, 0.2) is 0 Å². The second-order valence-corrected chi connectivity index (χ2v) is 6.19. The maximum Gasteiger partial charge on any atom is 0.0326 e. The molecule has 17 heavy (non-hydrogen) atoms. The van der Waals surface area contributed by atoms with Crippen LogP contribution in [0.1, 0.15) is 56.2 Å². The Labute approximate surface area is 105 Å². The Bertz CT molecular complexity index is 390. The van der Waals surface area contributed by atoms with E-state index in [1.54, 1.807) is 11.1 Å². The lowest BCUT2D eigenvalue weighted by Crippen LogP contribution is -2.31. The fourth-order valence-electron chi connectivity index (χ4n) is 3.54. The molecule has 1 fully saturated rings. The number of benzene rings is 1. The highest BCUT2D eigenvalue weighted by Crippen LogP contribution is 2.38. The smallest absolute Gasteiger partial charge is 0.0326 e. The average Bonchev–Trinajstić information content (AvgIpc) is 2.94. The lowest BCUT2D eigenvalue weighted by molar-refractivity contribution is 0.297. The number of nitrogens with one attached hydrogen (secondary N) is 1. The maximum atomic E-state index is 3.82. The van der Waals surface area contributed by atoms with Crippen LogP contribution in [0.3, 0.4) is 0 Å². The van der Waals surface area contributed by atoms with E-state index in [1.807, 2.05) is 0 Å². The van der Waals surface area contributed by atoms with Crippen LogP contribution in [0.2, 0.25) is 0 Å². The van der Waals surface area contributed by atoms with Gasteiger partial charge in [-0.05, 0) is 42.2 Å². The molecule has 0 heterocycles. The molecule has 92 valence electrons. The van der Waals surface area contributed by atoms with Gasteiger partial charge in [0.05, 0.1) is 0 Å². The minimum Gasteiger partial charge on any atom is -0.309 e. The minimum absolute atomic E-state index is 0.567. The minimum atomic E-state index is 0.567. The van der Waals surface area contributed by atoms with E-state index in [-0.39, 0.29) is 0 Å². The molecule has 0 radical (unpaired) electrons. The summed E-state index contributed by atoms with van der Waals surface area (Å²) in [5, 5.41) is 3.82. The Morgan fingerprint density at radius 3 is 2.82 bits per heavy atom. The van der Waals surface area contributed by atoms with Crippen LogP contribution in [-0.4, -0.2) is 6.54 Å². The normalized spacial score (nSPS) is 26.1. The molecule has 0 spiro atoms. The SMILES string of the molecule is CC1(CNC2CCc3ccccc32)CCCC1. The number of fused-ring (bicyclic) bond motifs is 1. The van der Waals surface area contributed by atoms with Crippen LogP contribution in [0.4, 0.5) is 0 Å². The van der Waals surface area contributed by atoms with Crippen LogP contribution in [0.25, 0.3) is 0 Å². The van der Waals surface area contributed by atoms with Gasteiger partial charge in [0.1, 0.15) is 0 Å². The molecular weight excluding hydrogens is 206 g/mol. The summed E-state index contributed by atoms with van der Waals surface area (Å²) < 4.78 is 0. The van der Waals surface area contributed by atoms with Gasteiger partial charge in [-0.1, -0.05) is 44.0 Å². The van der Waals surface area contributed by atoms with Gasteiger partial charge >= 0.3 is 0 Å². The molecule has 0 amide bonds.